The van der Waals surface area contributed by atoms with Crippen molar-refractivity contribution in [3.05, 3.63) is 24.3 Å². The van der Waals surface area contributed by atoms with E-state index in [9.17, 15) is 8.42 Å². The van der Waals surface area contributed by atoms with Crippen LogP contribution < -0.4 is 11.1 Å². The first-order valence-electron chi connectivity index (χ1n) is 6.17. The molecular weight excluding hydrogens is 248 g/mol. The maximum Gasteiger partial charge on any atom is 0.175 e. The zero-order valence-corrected chi connectivity index (χ0v) is 11.8. The number of rotatable bonds is 7. The van der Waals surface area contributed by atoms with E-state index in [2.05, 4.69) is 12.2 Å². The normalized spacial score (nSPS) is 13.3. The fourth-order valence-corrected chi connectivity index (χ4v) is 2.25. The predicted octanol–water partition coefficient (Wildman–Crippen LogP) is 1.88. The fraction of sp³-hybridized carbons (Fsp3) is 0.538. The van der Waals surface area contributed by atoms with Gasteiger partial charge in [0.05, 0.1) is 4.90 Å². The third-order valence-electron chi connectivity index (χ3n) is 2.89. The molecule has 0 radical (unpaired) electrons. The maximum absolute atomic E-state index is 11.3. The number of benzene rings is 1. The zero-order chi connectivity index (χ0) is 13.6. The molecule has 3 N–H and O–H groups in total. The zero-order valence-electron chi connectivity index (χ0n) is 11.0. The van der Waals surface area contributed by atoms with Gasteiger partial charge in [0.15, 0.2) is 9.84 Å². The molecule has 0 amide bonds. The van der Waals surface area contributed by atoms with E-state index in [0.717, 1.165) is 31.6 Å². The molecule has 0 bridgehead atoms. The average molecular weight is 270 g/mol. The SMILES string of the molecule is CC(CN)CCCNc1ccc(S(C)(=O)=O)cc1. The second-order valence-corrected chi connectivity index (χ2v) is 6.72. The van der Waals surface area contributed by atoms with Crippen LogP contribution in [0.4, 0.5) is 5.69 Å². The van der Waals surface area contributed by atoms with Crippen molar-refractivity contribution in [3.8, 4) is 0 Å². The van der Waals surface area contributed by atoms with Crippen LogP contribution >= 0.6 is 0 Å². The topological polar surface area (TPSA) is 72.2 Å². The Bertz CT molecular complexity index is 454. The number of nitrogens with one attached hydrogen (secondary N) is 1. The van der Waals surface area contributed by atoms with Crippen LogP contribution in [0.2, 0.25) is 0 Å². The Kier molecular flexibility index (Phi) is 5.62. The van der Waals surface area contributed by atoms with Crippen LogP contribution in [0.25, 0.3) is 0 Å². The lowest BCUT2D eigenvalue weighted by Gasteiger charge is -2.10. The molecule has 0 aliphatic rings. The van der Waals surface area contributed by atoms with E-state index in [1.807, 2.05) is 0 Å². The molecule has 0 fully saturated rings. The highest BCUT2D eigenvalue weighted by atomic mass is 32.2. The lowest BCUT2D eigenvalue weighted by atomic mass is 10.1. The highest BCUT2D eigenvalue weighted by molar-refractivity contribution is 7.90. The molecule has 0 saturated heterocycles. The summed E-state index contributed by atoms with van der Waals surface area (Å²) in [7, 11) is -3.10. The van der Waals surface area contributed by atoms with Gasteiger partial charge < -0.3 is 11.1 Å². The van der Waals surface area contributed by atoms with Crippen LogP contribution in [-0.2, 0) is 9.84 Å². The molecule has 1 atom stereocenters. The van der Waals surface area contributed by atoms with Crippen molar-refractivity contribution in [1.82, 2.24) is 0 Å². The van der Waals surface area contributed by atoms with Crippen LogP contribution in [0.3, 0.4) is 0 Å². The molecule has 0 heterocycles. The Morgan fingerprint density at radius 1 is 1.28 bits per heavy atom. The van der Waals surface area contributed by atoms with Crippen LogP contribution in [0, 0.1) is 5.92 Å². The highest BCUT2D eigenvalue weighted by Gasteiger charge is 2.05. The van der Waals surface area contributed by atoms with Crippen LogP contribution in [0.5, 0.6) is 0 Å². The van der Waals surface area contributed by atoms with Gasteiger partial charge in [-0.15, -0.1) is 0 Å². The molecule has 0 aliphatic carbocycles. The summed E-state index contributed by atoms with van der Waals surface area (Å²) in [4.78, 5) is 0.352. The third-order valence-corrected chi connectivity index (χ3v) is 4.02. The van der Waals surface area contributed by atoms with Crippen LogP contribution in [0.1, 0.15) is 19.8 Å². The smallest absolute Gasteiger partial charge is 0.175 e. The summed E-state index contributed by atoms with van der Waals surface area (Å²) in [6, 6.07) is 6.84. The van der Waals surface area contributed by atoms with E-state index in [1.54, 1.807) is 24.3 Å². The highest BCUT2D eigenvalue weighted by Crippen LogP contribution is 2.14. The van der Waals surface area contributed by atoms with Crippen LogP contribution in [0.15, 0.2) is 29.2 Å². The maximum atomic E-state index is 11.3. The van der Waals surface area contributed by atoms with Gasteiger partial charge in [0, 0.05) is 18.5 Å². The Morgan fingerprint density at radius 2 is 1.89 bits per heavy atom. The molecule has 0 aromatic heterocycles. The molecule has 1 unspecified atom stereocenters. The van der Waals surface area contributed by atoms with E-state index < -0.39 is 9.84 Å². The molecule has 102 valence electrons. The van der Waals surface area contributed by atoms with Gasteiger partial charge in [0.1, 0.15) is 0 Å². The number of hydrogen-bond acceptors (Lipinski definition) is 4. The monoisotopic (exact) mass is 270 g/mol. The van der Waals surface area contributed by atoms with Gasteiger partial charge >= 0.3 is 0 Å². The molecule has 5 heteroatoms. The summed E-state index contributed by atoms with van der Waals surface area (Å²) in [6.07, 6.45) is 3.38. The van der Waals surface area contributed by atoms with Crippen molar-refractivity contribution >= 4 is 15.5 Å². The standard InChI is InChI=1S/C13H22N2O2S/c1-11(10-14)4-3-9-15-12-5-7-13(8-6-12)18(2,16)17/h5-8,11,15H,3-4,9-10,14H2,1-2H3. The summed E-state index contributed by atoms with van der Waals surface area (Å²) in [5.74, 6) is 0.555. The lowest BCUT2D eigenvalue weighted by molar-refractivity contribution is 0.529. The van der Waals surface area contributed by atoms with Crippen molar-refractivity contribution in [2.75, 3.05) is 24.7 Å². The van der Waals surface area contributed by atoms with Crippen molar-refractivity contribution < 1.29 is 8.42 Å². The molecule has 0 saturated carbocycles. The quantitative estimate of drug-likeness (QED) is 0.742. The van der Waals surface area contributed by atoms with Crippen LogP contribution in [-0.4, -0.2) is 27.8 Å². The van der Waals surface area contributed by atoms with E-state index >= 15 is 0 Å². The van der Waals surface area contributed by atoms with Gasteiger partial charge in [0.25, 0.3) is 0 Å². The molecule has 0 aliphatic heterocycles. The molecule has 0 spiro atoms. The Morgan fingerprint density at radius 3 is 2.39 bits per heavy atom. The van der Waals surface area contributed by atoms with Gasteiger partial charge in [-0.25, -0.2) is 8.42 Å². The Balaban J connectivity index is 2.40. The second-order valence-electron chi connectivity index (χ2n) is 4.71. The first kappa shape index (κ1) is 15.0. The molecule has 18 heavy (non-hydrogen) atoms. The minimum absolute atomic E-state index is 0.352. The second kappa shape index (κ2) is 6.75. The average Bonchev–Trinajstić information content (AvgIpc) is 2.33. The molecular formula is C13H22N2O2S. The summed E-state index contributed by atoms with van der Waals surface area (Å²) in [5, 5.41) is 3.27. The molecule has 1 rings (SSSR count). The number of nitrogens with two attached hydrogens (primary N) is 1. The van der Waals surface area contributed by atoms with Crippen molar-refractivity contribution in [2.24, 2.45) is 11.7 Å². The largest absolute Gasteiger partial charge is 0.385 e. The van der Waals surface area contributed by atoms with E-state index in [1.165, 1.54) is 6.26 Å². The molecule has 4 nitrogen and oxygen atoms in total. The minimum atomic E-state index is -3.10. The number of sulfone groups is 1. The van der Waals surface area contributed by atoms with Gasteiger partial charge in [-0.2, -0.15) is 0 Å². The van der Waals surface area contributed by atoms with E-state index in [4.69, 9.17) is 5.73 Å². The van der Waals surface area contributed by atoms with E-state index in [-0.39, 0.29) is 0 Å². The van der Waals surface area contributed by atoms with E-state index in [0.29, 0.717) is 10.8 Å². The third kappa shape index (κ3) is 5.06. The summed E-state index contributed by atoms with van der Waals surface area (Å²) in [6.45, 7) is 3.74. The minimum Gasteiger partial charge on any atom is -0.385 e. The summed E-state index contributed by atoms with van der Waals surface area (Å²) < 4.78 is 22.6. The van der Waals surface area contributed by atoms with Gasteiger partial charge in [-0.1, -0.05) is 6.92 Å². The van der Waals surface area contributed by atoms with Gasteiger partial charge in [-0.3, -0.25) is 0 Å². The number of hydrogen-bond donors (Lipinski definition) is 2. The van der Waals surface area contributed by atoms with Crippen molar-refractivity contribution in [1.29, 1.82) is 0 Å². The lowest BCUT2D eigenvalue weighted by Crippen LogP contribution is -2.12. The first-order valence-corrected chi connectivity index (χ1v) is 8.06. The predicted molar refractivity (Wildman–Crippen MR) is 75.5 cm³/mol. The first-order chi connectivity index (χ1) is 8.43. The Labute approximate surface area is 110 Å². The van der Waals surface area contributed by atoms with Crippen molar-refractivity contribution in [2.45, 2.75) is 24.7 Å². The summed E-state index contributed by atoms with van der Waals surface area (Å²) in [5.41, 5.74) is 6.49. The summed E-state index contributed by atoms with van der Waals surface area (Å²) >= 11 is 0. The Hall–Kier alpha value is -1.07. The molecule has 1 aromatic rings. The van der Waals surface area contributed by atoms with Gasteiger partial charge in [0.2, 0.25) is 0 Å². The fourth-order valence-electron chi connectivity index (χ4n) is 1.62. The number of anilines is 1. The molecule has 1 aromatic carbocycles. The van der Waals surface area contributed by atoms with Crippen molar-refractivity contribution in [3.63, 3.8) is 0 Å². The van der Waals surface area contributed by atoms with Gasteiger partial charge in [-0.05, 0) is 49.6 Å².